The van der Waals surface area contributed by atoms with E-state index in [1.165, 1.54) is 4.90 Å². The number of amides is 2. The molecular formula is C20H18Cl3N3O2. The second-order valence-electron chi connectivity index (χ2n) is 6.89. The van der Waals surface area contributed by atoms with E-state index in [1.807, 2.05) is 24.3 Å². The zero-order valence-electron chi connectivity index (χ0n) is 14.9. The van der Waals surface area contributed by atoms with Crippen LogP contribution in [-0.4, -0.2) is 48.9 Å². The van der Waals surface area contributed by atoms with Crippen LogP contribution in [0.15, 0.2) is 42.5 Å². The first-order chi connectivity index (χ1) is 13.4. The number of piperazine rings is 1. The summed E-state index contributed by atoms with van der Waals surface area (Å²) in [6, 6.07) is 12.0. The van der Waals surface area contributed by atoms with Crippen molar-refractivity contribution in [3.05, 3.63) is 57.5 Å². The predicted molar refractivity (Wildman–Crippen MR) is 113 cm³/mol. The lowest BCUT2D eigenvalue weighted by Crippen LogP contribution is -2.52. The molecule has 2 aliphatic heterocycles. The predicted octanol–water partition coefficient (Wildman–Crippen LogP) is 4.10. The number of hydrogen-bond donors (Lipinski definition) is 0. The van der Waals surface area contributed by atoms with E-state index >= 15 is 0 Å². The molecular weight excluding hydrogens is 421 g/mol. The second-order valence-corrected chi connectivity index (χ2v) is 8.17. The summed E-state index contributed by atoms with van der Waals surface area (Å²) in [5, 5.41) is 1.49. The minimum atomic E-state index is -0.460. The average molecular weight is 439 g/mol. The molecule has 28 heavy (non-hydrogen) atoms. The first kappa shape index (κ1) is 19.5. The molecule has 2 aliphatic rings. The van der Waals surface area contributed by atoms with Crippen molar-refractivity contribution in [3.8, 4) is 0 Å². The SMILES string of the molecule is O=C1CC(N2CCN(c3ccccc3Cl)CC2)C(=O)N1c1cc(Cl)cc(Cl)c1. The number of carbonyl (C=O) groups is 2. The Balaban J connectivity index is 1.47. The van der Waals surface area contributed by atoms with Crippen molar-refractivity contribution in [2.75, 3.05) is 36.0 Å². The van der Waals surface area contributed by atoms with Crippen molar-refractivity contribution in [1.29, 1.82) is 0 Å². The largest absolute Gasteiger partial charge is 0.368 e. The van der Waals surface area contributed by atoms with Crippen LogP contribution in [0.25, 0.3) is 0 Å². The van der Waals surface area contributed by atoms with E-state index in [9.17, 15) is 9.59 Å². The molecule has 2 heterocycles. The number of rotatable bonds is 3. The Labute approximate surface area is 178 Å². The summed E-state index contributed by atoms with van der Waals surface area (Å²) in [5.74, 6) is -0.462. The van der Waals surface area contributed by atoms with Crippen LogP contribution in [-0.2, 0) is 9.59 Å². The van der Waals surface area contributed by atoms with Crippen LogP contribution in [0.5, 0.6) is 0 Å². The van der Waals surface area contributed by atoms with Gasteiger partial charge in [0.05, 0.1) is 28.9 Å². The maximum Gasteiger partial charge on any atom is 0.251 e. The Kier molecular flexibility index (Phi) is 5.52. The van der Waals surface area contributed by atoms with Gasteiger partial charge in [-0.15, -0.1) is 0 Å². The van der Waals surface area contributed by atoms with E-state index in [-0.39, 0.29) is 18.2 Å². The summed E-state index contributed by atoms with van der Waals surface area (Å²) >= 11 is 18.4. The van der Waals surface area contributed by atoms with Gasteiger partial charge in [0.15, 0.2) is 0 Å². The molecule has 2 fully saturated rings. The van der Waals surface area contributed by atoms with E-state index in [0.717, 1.165) is 18.8 Å². The van der Waals surface area contributed by atoms with Crippen LogP contribution in [0.3, 0.4) is 0 Å². The molecule has 4 rings (SSSR count). The number of nitrogens with zero attached hydrogens (tertiary/aromatic N) is 3. The number of para-hydroxylation sites is 1. The number of halogens is 3. The first-order valence-corrected chi connectivity index (χ1v) is 10.1. The lowest BCUT2D eigenvalue weighted by molar-refractivity contribution is -0.123. The van der Waals surface area contributed by atoms with Gasteiger partial charge in [0, 0.05) is 36.2 Å². The van der Waals surface area contributed by atoms with Gasteiger partial charge in [-0.3, -0.25) is 14.5 Å². The molecule has 0 radical (unpaired) electrons. The van der Waals surface area contributed by atoms with Gasteiger partial charge in [-0.25, -0.2) is 4.90 Å². The third-order valence-corrected chi connectivity index (χ3v) is 5.93. The van der Waals surface area contributed by atoms with Gasteiger partial charge in [-0.1, -0.05) is 46.9 Å². The highest BCUT2D eigenvalue weighted by Gasteiger charge is 2.43. The summed E-state index contributed by atoms with van der Waals surface area (Å²) in [6.45, 7) is 2.84. The van der Waals surface area contributed by atoms with E-state index in [4.69, 9.17) is 34.8 Å². The summed E-state index contributed by atoms with van der Waals surface area (Å²) in [7, 11) is 0. The molecule has 2 amide bonds. The number of benzene rings is 2. The fourth-order valence-electron chi connectivity index (χ4n) is 3.82. The molecule has 2 aromatic carbocycles. The van der Waals surface area contributed by atoms with E-state index in [0.29, 0.717) is 33.8 Å². The number of carbonyl (C=O) groups excluding carboxylic acids is 2. The molecule has 2 saturated heterocycles. The number of imide groups is 1. The summed E-state index contributed by atoms with van der Waals surface area (Å²) in [5.41, 5.74) is 1.41. The third kappa shape index (κ3) is 3.72. The van der Waals surface area contributed by atoms with Crippen LogP contribution in [0.1, 0.15) is 6.42 Å². The standard InChI is InChI=1S/C20H18Cl3N3O2/c21-13-9-14(22)11-15(10-13)26-19(27)12-18(20(26)28)25-7-5-24(6-8-25)17-4-2-1-3-16(17)23/h1-4,9-11,18H,5-8,12H2. The average Bonchev–Trinajstić information content (AvgIpc) is 2.96. The highest BCUT2D eigenvalue weighted by molar-refractivity contribution is 6.35. The van der Waals surface area contributed by atoms with Gasteiger partial charge < -0.3 is 4.90 Å². The number of hydrogen-bond acceptors (Lipinski definition) is 4. The molecule has 0 bridgehead atoms. The molecule has 0 spiro atoms. The number of anilines is 2. The van der Waals surface area contributed by atoms with Crippen molar-refractivity contribution in [2.24, 2.45) is 0 Å². The summed E-state index contributed by atoms with van der Waals surface area (Å²) in [6.07, 6.45) is 0.162. The Bertz CT molecular complexity index is 908. The van der Waals surface area contributed by atoms with Gasteiger partial charge in [0.1, 0.15) is 0 Å². The van der Waals surface area contributed by atoms with Crippen LogP contribution >= 0.6 is 34.8 Å². The fraction of sp³-hybridized carbons (Fsp3) is 0.300. The van der Waals surface area contributed by atoms with Gasteiger partial charge in [-0.2, -0.15) is 0 Å². The van der Waals surface area contributed by atoms with Crippen molar-refractivity contribution in [2.45, 2.75) is 12.5 Å². The molecule has 0 aromatic heterocycles. The molecule has 5 nitrogen and oxygen atoms in total. The molecule has 0 saturated carbocycles. The van der Waals surface area contributed by atoms with Crippen molar-refractivity contribution < 1.29 is 9.59 Å². The fourth-order valence-corrected chi connectivity index (χ4v) is 4.59. The summed E-state index contributed by atoms with van der Waals surface area (Å²) in [4.78, 5) is 31.0. The van der Waals surface area contributed by atoms with Gasteiger partial charge in [-0.05, 0) is 30.3 Å². The molecule has 1 atom stereocenters. The maximum absolute atomic E-state index is 13.0. The summed E-state index contributed by atoms with van der Waals surface area (Å²) < 4.78 is 0. The van der Waals surface area contributed by atoms with Gasteiger partial charge in [0.2, 0.25) is 5.91 Å². The van der Waals surface area contributed by atoms with Crippen LogP contribution in [0.2, 0.25) is 15.1 Å². The van der Waals surface area contributed by atoms with Crippen LogP contribution < -0.4 is 9.80 Å². The molecule has 146 valence electrons. The lowest BCUT2D eigenvalue weighted by atomic mass is 10.1. The second kappa shape index (κ2) is 7.91. The first-order valence-electron chi connectivity index (χ1n) is 9.00. The molecule has 1 unspecified atom stereocenters. The van der Waals surface area contributed by atoms with Crippen LogP contribution in [0, 0.1) is 0 Å². The van der Waals surface area contributed by atoms with E-state index in [2.05, 4.69) is 9.80 Å². The smallest absolute Gasteiger partial charge is 0.251 e. The van der Waals surface area contributed by atoms with Crippen LogP contribution in [0.4, 0.5) is 11.4 Å². The Hall–Kier alpha value is -1.79. The highest BCUT2D eigenvalue weighted by atomic mass is 35.5. The van der Waals surface area contributed by atoms with Gasteiger partial charge in [0.25, 0.3) is 5.91 Å². The minimum absolute atomic E-state index is 0.162. The maximum atomic E-state index is 13.0. The Morgan fingerprint density at radius 2 is 1.50 bits per heavy atom. The Morgan fingerprint density at radius 3 is 2.14 bits per heavy atom. The van der Waals surface area contributed by atoms with Gasteiger partial charge >= 0.3 is 0 Å². The lowest BCUT2D eigenvalue weighted by Gasteiger charge is -2.38. The normalized spacial score (nSPS) is 20.9. The third-order valence-electron chi connectivity index (χ3n) is 5.18. The van der Waals surface area contributed by atoms with E-state index < -0.39 is 6.04 Å². The van der Waals surface area contributed by atoms with Crippen molar-refractivity contribution >= 4 is 58.0 Å². The zero-order chi connectivity index (χ0) is 19.8. The Morgan fingerprint density at radius 1 is 0.857 bits per heavy atom. The van der Waals surface area contributed by atoms with Crippen molar-refractivity contribution in [1.82, 2.24) is 4.90 Å². The molecule has 0 aliphatic carbocycles. The monoisotopic (exact) mass is 437 g/mol. The van der Waals surface area contributed by atoms with E-state index in [1.54, 1.807) is 18.2 Å². The zero-order valence-corrected chi connectivity index (χ0v) is 17.2. The quantitative estimate of drug-likeness (QED) is 0.677. The topological polar surface area (TPSA) is 43.9 Å². The minimum Gasteiger partial charge on any atom is -0.368 e. The molecule has 8 heteroatoms. The molecule has 0 N–H and O–H groups in total. The molecule has 2 aromatic rings. The highest BCUT2D eigenvalue weighted by Crippen LogP contribution is 2.32. The van der Waals surface area contributed by atoms with Crippen molar-refractivity contribution in [3.63, 3.8) is 0 Å².